The summed E-state index contributed by atoms with van der Waals surface area (Å²) in [7, 11) is 0. The molecule has 0 saturated carbocycles. The van der Waals surface area contributed by atoms with Crippen molar-refractivity contribution in [1.29, 1.82) is 0 Å². The van der Waals surface area contributed by atoms with E-state index < -0.39 is 113 Å². The van der Waals surface area contributed by atoms with Crippen LogP contribution in [-0.4, -0.2) is 403 Å². The molecule has 140 heavy (non-hydrogen) atoms. The number of hydrogen-bond acceptors (Lipinski definition) is 40. The summed E-state index contributed by atoms with van der Waals surface area (Å²) >= 11 is 0. The van der Waals surface area contributed by atoms with Gasteiger partial charge in [0.25, 0.3) is 0 Å². The average Bonchev–Trinajstić information content (AvgIpc) is 1.57. The minimum Gasteiger partial charge on any atom is -0.377 e. The lowest BCUT2D eigenvalue weighted by Gasteiger charge is -2.42. The van der Waals surface area contributed by atoms with Gasteiger partial charge in [0.1, 0.15) is 100.0 Å². The van der Waals surface area contributed by atoms with Crippen molar-refractivity contribution < 1.29 is 161 Å². The number of ether oxygens (including phenoxy) is 29. The van der Waals surface area contributed by atoms with Gasteiger partial charge in [-0.1, -0.05) is 34.9 Å². The topological polar surface area (TPSA) is 493 Å². The Labute approximate surface area is 818 Å². The molecule has 794 valence electrons. The SMILES string of the molecule is CC(=O)N[C@H]1[C@H]2OC[C@](COCCOCCOCCOCCn3cc(COCC(COCc4cn(CCOCCOCCOCCOC[C@@]56CO[C@@H](O5)[C@H](NC(C)=O)[C@H]5OC(C)(C)O[C@H]56)nn4)(COCc4cn(CCOCCOCCOCCOC[C@@]56CO[C@@H](O5)[C@H](NC(C)=O)[C@H]5OC(C)(C)O[C@H]56)nn4)NC(=O)CCCCCCC(=O)CCCCCC4OC(C)(C)C(C)(C)O4)nn3)(O2)[C@@H]2OC(C)(C)O[C@H]12. The molecule has 4 amide bonds. The van der Waals surface area contributed by atoms with Gasteiger partial charge >= 0.3 is 0 Å². The van der Waals surface area contributed by atoms with E-state index in [9.17, 15) is 24.0 Å². The number of carbonyl (C=O) groups excluding carboxylic acids is 5. The van der Waals surface area contributed by atoms with Crippen LogP contribution >= 0.6 is 0 Å². The number of nitrogens with zero attached hydrogens (tertiary/aromatic N) is 9. The molecule has 6 bridgehead atoms. The molecule has 3 aromatic heterocycles. The van der Waals surface area contributed by atoms with Crippen molar-refractivity contribution in [2.24, 2.45) is 0 Å². The van der Waals surface area contributed by atoms with E-state index in [0.29, 0.717) is 195 Å². The van der Waals surface area contributed by atoms with Gasteiger partial charge in [-0.3, -0.25) is 24.0 Å². The molecule has 13 heterocycles. The number of ketones is 1. The van der Waals surface area contributed by atoms with E-state index in [1.807, 2.05) is 41.5 Å². The number of hydrogen-bond donors (Lipinski definition) is 4. The fraction of sp³-hybridized carbons (Fsp3) is 0.882. The van der Waals surface area contributed by atoms with Gasteiger partial charge in [-0.25, -0.2) is 14.0 Å². The third kappa shape index (κ3) is 32.7. The fourth-order valence-electron chi connectivity index (χ4n) is 18.4. The van der Waals surface area contributed by atoms with E-state index in [4.69, 9.17) is 137 Å². The number of nitrogens with one attached hydrogen (secondary N) is 4. The largest absolute Gasteiger partial charge is 0.377 e. The molecule has 0 radical (unpaired) electrons. The Morgan fingerprint density at radius 3 is 0.943 bits per heavy atom. The van der Waals surface area contributed by atoms with Crippen LogP contribution in [0.15, 0.2) is 18.6 Å². The minimum atomic E-state index is -1.29. The molecule has 0 spiro atoms. The number of fused-ring (bicyclic) bond motifs is 12. The lowest BCUT2D eigenvalue weighted by molar-refractivity contribution is -0.214. The molecule has 10 saturated heterocycles. The molecule has 15 atom stereocenters. The van der Waals surface area contributed by atoms with Crippen LogP contribution in [0.3, 0.4) is 0 Å². The summed E-state index contributed by atoms with van der Waals surface area (Å²) in [5.74, 6) is -3.30. The van der Waals surface area contributed by atoms with Crippen LogP contribution in [0.1, 0.15) is 178 Å². The second-order valence-corrected chi connectivity index (χ2v) is 39.5. The van der Waals surface area contributed by atoms with Gasteiger partial charge in [-0.05, 0) is 101 Å². The smallest absolute Gasteiger partial charge is 0.220 e. The Balaban J connectivity index is 0.542. The van der Waals surface area contributed by atoms with E-state index in [-0.39, 0.29) is 133 Å². The zero-order chi connectivity index (χ0) is 99.3. The van der Waals surface area contributed by atoms with Crippen LogP contribution in [0.4, 0.5) is 0 Å². The predicted molar refractivity (Wildman–Crippen MR) is 485 cm³/mol. The van der Waals surface area contributed by atoms with Gasteiger partial charge in [0.15, 0.2) is 42.5 Å². The number of unbranched alkanes of at least 4 members (excludes halogenated alkanes) is 5. The van der Waals surface area contributed by atoms with Crippen molar-refractivity contribution in [3.05, 3.63) is 35.7 Å². The van der Waals surface area contributed by atoms with Crippen LogP contribution in [-0.2, 0) is 201 Å². The van der Waals surface area contributed by atoms with E-state index in [1.165, 1.54) is 20.8 Å². The molecule has 13 rings (SSSR count). The van der Waals surface area contributed by atoms with Gasteiger partial charge in [-0.15, -0.1) is 15.3 Å². The summed E-state index contributed by atoms with van der Waals surface area (Å²) in [6.45, 7) is 32.6. The monoisotopic (exact) mass is 2000 g/mol. The zero-order valence-electron chi connectivity index (χ0n) is 83.9. The third-order valence-corrected chi connectivity index (χ3v) is 25.7. The van der Waals surface area contributed by atoms with Crippen molar-refractivity contribution in [3.8, 4) is 0 Å². The van der Waals surface area contributed by atoms with Gasteiger partial charge in [0, 0.05) is 40.0 Å². The molecule has 10 aliphatic heterocycles. The van der Waals surface area contributed by atoms with Gasteiger partial charge in [0.2, 0.25) is 23.6 Å². The van der Waals surface area contributed by atoms with Crippen LogP contribution < -0.4 is 21.3 Å². The molecule has 47 nitrogen and oxygen atoms in total. The van der Waals surface area contributed by atoms with Crippen LogP contribution in [0.25, 0.3) is 0 Å². The van der Waals surface area contributed by atoms with E-state index >= 15 is 0 Å². The van der Waals surface area contributed by atoms with Gasteiger partial charge in [-0.2, -0.15) is 0 Å². The van der Waals surface area contributed by atoms with E-state index in [2.05, 4.69) is 79.9 Å². The Morgan fingerprint density at radius 1 is 0.350 bits per heavy atom. The molecule has 0 aliphatic carbocycles. The molecule has 0 unspecified atom stereocenters. The molecular weight excluding hydrogens is 1840 g/mol. The standard InChI is InChI=1S/C93H153N13O34/c1-64(107)94-73-76-79(135-87(8,9)132-76)91(61-127-82(73)138-91)58-121-46-43-118-40-37-115-34-31-112-28-25-104-49-67(98-101-104)52-124-55-90(97-71(111)23-19-15-14-17-21-70(110)22-18-16-20-24-72-130-85(4,5)86(6,7)131-72,56-125-53-68-50-105(102-99-68)26-29-113-32-35-116-38-41-119-44-47-122-59-92-62-128-83(139-92)74(95-65(2)108)77-80(92)136-88(10,11)133-77)57-126-54-69-51-106(103-100-69)27-30-114-33-36-117-39-42-120-45-48-123-60-93-63-129-84(140-93)75(96-66(3)109)78-81(93)137-89(12,13)134-78/h49-51,72-84H,14-48,52-63H2,1-13H3,(H,94,107)(H,95,108)(H,96,109)(H,97,111)/t73-,74-,75-,76-,77-,78-,79-,80-,81-,82+,83+,84+,91+,92+,93+/m1/s1. The maximum absolute atomic E-state index is 14.4. The first-order valence-corrected chi connectivity index (χ1v) is 49.5. The fourth-order valence-corrected chi connectivity index (χ4v) is 18.4. The van der Waals surface area contributed by atoms with E-state index in [0.717, 1.165) is 44.9 Å². The highest BCUT2D eigenvalue weighted by molar-refractivity contribution is 5.78. The number of carbonyl (C=O) groups is 5. The first kappa shape index (κ1) is 111. The molecular formula is C93H153N13O34. The molecule has 10 aliphatic rings. The molecule has 0 aromatic carbocycles. The Morgan fingerprint density at radius 2 is 0.636 bits per heavy atom. The number of amides is 4. The number of rotatable bonds is 71. The molecule has 10 fully saturated rings. The van der Waals surface area contributed by atoms with Gasteiger partial charge in [0.05, 0.1) is 267 Å². The predicted octanol–water partition coefficient (Wildman–Crippen LogP) is 2.71. The second kappa shape index (κ2) is 52.9. The molecule has 47 heteroatoms. The van der Waals surface area contributed by atoms with Crippen LogP contribution in [0.5, 0.6) is 0 Å². The molecule has 3 aromatic rings. The highest BCUT2D eigenvalue weighted by atomic mass is 16.8. The number of Topliss-reactive ketones (excluding diaryl/α,β-unsaturated/α-hetero) is 1. The van der Waals surface area contributed by atoms with Crippen LogP contribution in [0, 0.1) is 0 Å². The molecule has 4 N–H and O–H groups in total. The van der Waals surface area contributed by atoms with Gasteiger partial charge < -0.3 is 159 Å². The highest BCUT2D eigenvalue weighted by Crippen LogP contribution is 2.50. The lowest BCUT2D eigenvalue weighted by atomic mass is 9.88. The van der Waals surface area contributed by atoms with Crippen molar-refractivity contribution in [2.45, 2.75) is 331 Å². The number of aromatic nitrogens is 9. The minimum absolute atomic E-state index is 0.0125. The Hall–Kier alpha value is -6.19. The average molecular weight is 2000 g/mol. The van der Waals surface area contributed by atoms with Crippen molar-refractivity contribution in [3.63, 3.8) is 0 Å². The Bertz CT molecular complexity index is 3900. The summed E-state index contributed by atoms with van der Waals surface area (Å²) in [4.78, 5) is 63.5. The van der Waals surface area contributed by atoms with Crippen molar-refractivity contribution in [2.75, 3.05) is 198 Å². The van der Waals surface area contributed by atoms with Crippen molar-refractivity contribution >= 4 is 29.4 Å². The zero-order valence-corrected chi connectivity index (χ0v) is 83.9. The van der Waals surface area contributed by atoms with Crippen LogP contribution in [0.2, 0.25) is 0 Å². The first-order valence-electron chi connectivity index (χ1n) is 49.5. The maximum atomic E-state index is 14.4. The summed E-state index contributed by atoms with van der Waals surface area (Å²) in [6.07, 6.45) is 7.46. The highest BCUT2D eigenvalue weighted by Gasteiger charge is 2.69. The van der Waals surface area contributed by atoms with Crippen molar-refractivity contribution in [1.82, 2.24) is 66.2 Å². The lowest BCUT2D eigenvalue weighted by Crippen LogP contribution is -2.65. The normalized spacial score (nSPS) is 28.0. The summed E-state index contributed by atoms with van der Waals surface area (Å²) in [5.41, 5.74) is -3.15. The second-order valence-electron chi connectivity index (χ2n) is 39.5. The third-order valence-electron chi connectivity index (χ3n) is 25.7. The quantitative estimate of drug-likeness (QED) is 0.0590. The first-order chi connectivity index (χ1) is 67.2. The summed E-state index contributed by atoms with van der Waals surface area (Å²) in [6, 6.07) is -1.57. The maximum Gasteiger partial charge on any atom is 0.220 e. The Kier molecular flexibility index (Phi) is 42.0. The summed E-state index contributed by atoms with van der Waals surface area (Å²) in [5, 5.41) is 38.1. The van der Waals surface area contributed by atoms with E-state index in [1.54, 1.807) is 32.6 Å². The summed E-state index contributed by atoms with van der Waals surface area (Å²) < 4.78 is 181.